The van der Waals surface area contributed by atoms with Crippen molar-refractivity contribution in [2.75, 3.05) is 13.2 Å². The summed E-state index contributed by atoms with van der Waals surface area (Å²) in [7, 11) is 0. The predicted octanol–water partition coefficient (Wildman–Crippen LogP) is 2.55. The molecule has 0 spiro atoms. The van der Waals surface area contributed by atoms with Gasteiger partial charge in [-0.15, -0.1) is 11.3 Å². The molecule has 1 fully saturated rings. The van der Waals surface area contributed by atoms with Crippen molar-refractivity contribution in [3.63, 3.8) is 0 Å². The smallest absolute Gasteiger partial charge is 0.171 e. The first-order valence-electron chi connectivity index (χ1n) is 5.24. The summed E-state index contributed by atoms with van der Waals surface area (Å²) < 4.78 is 5.43. The third-order valence-electron chi connectivity index (χ3n) is 2.64. The maximum Gasteiger partial charge on any atom is 0.171 e. The second-order valence-corrected chi connectivity index (χ2v) is 4.97. The summed E-state index contributed by atoms with van der Waals surface area (Å²) in [6.45, 7) is 5.12. The summed E-state index contributed by atoms with van der Waals surface area (Å²) in [5.41, 5.74) is 0.869. The summed E-state index contributed by atoms with van der Waals surface area (Å²) >= 11 is 1.53. The van der Waals surface area contributed by atoms with E-state index < -0.39 is 0 Å². The van der Waals surface area contributed by atoms with Crippen LogP contribution in [0.15, 0.2) is 0 Å². The van der Waals surface area contributed by atoms with E-state index >= 15 is 0 Å². The average molecular weight is 225 g/mol. The Labute approximate surface area is 93.5 Å². The van der Waals surface area contributed by atoms with E-state index in [0.717, 1.165) is 41.6 Å². The van der Waals surface area contributed by atoms with E-state index in [1.807, 2.05) is 6.92 Å². The van der Waals surface area contributed by atoms with Crippen LogP contribution in [0.5, 0.6) is 0 Å². The highest BCUT2D eigenvalue weighted by atomic mass is 32.1. The van der Waals surface area contributed by atoms with E-state index in [1.54, 1.807) is 6.92 Å². The van der Waals surface area contributed by atoms with Gasteiger partial charge in [-0.25, -0.2) is 4.98 Å². The SMILES string of the molecule is CC(=O)c1sc(C2CCCOC2)nc1C. The van der Waals surface area contributed by atoms with E-state index in [1.165, 1.54) is 11.3 Å². The lowest BCUT2D eigenvalue weighted by Gasteiger charge is -2.19. The Balaban J connectivity index is 2.21. The van der Waals surface area contributed by atoms with Crippen LogP contribution in [-0.2, 0) is 4.74 Å². The quantitative estimate of drug-likeness (QED) is 0.726. The Bertz CT molecular complexity index is 367. The van der Waals surface area contributed by atoms with Gasteiger partial charge in [0.25, 0.3) is 0 Å². The van der Waals surface area contributed by atoms with Crippen molar-refractivity contribution in [2.45, 2.75) is 32.6 Å². The third-order valence-corrected chi connectivity index (χ3v) is 4.06. The molecule has 0 aromatic carbocycles. The molecule has 0 radical (unpaired) electrons. The molecule has 1 aliphatic heterocycles. The minimum atomic E-state index is 0.118. The predicted molar refractivity (Wildman–Crippen MR) is 59.6 cm³/mol. The molecule has 0 amide bonds. The maximum atomic E-state index is 11.3. The number of aryl methyl sites for hydroxylation is 1. The lowest BCUT2D eigenvalue weighted by Crippen LogP contribution is -2.15. The van der Waals surface area contributed by atoms with Gasteiger partial charge in [0.05, 0.1) is 22.2 Å². The molecule has 2 heterocycles. The minimum Gasteiger partial charge on any atom is -0.381 e. The zero-order valence-electron chi connectivity index (χ0n) is 9.08. The maximum absolute atomic E-state index is 11.3. The van der Waals surface area contributed by atoms with Crippen molar-refractivity contribution in [2.24, 2.45) is 0 Å². The monoisotopic (exact) mass is 225 g/mol. The zero-order chi connectivity index (χ0) is 10.8. The number of thiazole rings is 1. The van der Waals surface area contributed by atoms with Crippen molar-refractivity contribution in [1.82, 2.24) is 4.98 Å². The summed E-state index contributed by atoms with van der Waals surface area (Å²) in [5.74, 6) is 0.517. The molecule has 0 aliphatic carbocycles. The number of Topliss-reactive ketones (excluding diaryl/α,β-unsaturated/α-hetero) is 1. The van der Waals surface area contributed by atoms with Gasteiger partial charge in [0, 0.05) is 19.4 Å². The Kier molecular flexibility index (Phi) is 3.17. The highest BCUT2D eigenvalue weighted by Crippen LogP contribution is 2.30. The molecule has 15 heavy (non-hydrogen) atoms. The van der Waals surface area contributed by atoms with Crippen LogP contribution in [0.25, 0.3) is 0 Å². The number of hydrogen-bond acceptors (Lipinski definition) is 4. The molecular weight excluding hydrogens is 210 g/mol. The van der Waals surface area contributed by atoms with Gasteiger partial charge >= 0.3 is 0 Å². The molecule has 2 rings (SSSR count). The second-order valence-electron chi connectivity index (χ2n) is 3.94. The molecule has 1 saturated heterocycles. The van der Waals surface area contributed by atoms with E-state index in [-0.39, 0.29) is 5.78 Å². The van der Waals surface area contributed by atoms with Crippen LogP contribution in [0.3, 0.4) is 0 Å². The Morgan fingerprint density at radius 3 is 2.93 bits per heavy atom. The van der Waals surface area contributed by atoms with Gasteiger partial charge in [-0.05, 0) is 19.8 Å². The highest BCUT2D eigenvalue weighted by Gasteiger charge is 2.21. The van der Waals surface area contributed by atoms with Gasteiger partial charge < -0.3 is 4.74 Å². The number of nitrogens with zero attached hydrogens (tertiary/aromatic N) is 1. The van der Waals surface area contributed by atoms with Crippen LogP contribution in [0.2, 0.25) is 0 Å². The van der Waals surface area contributed by atoms with Gasteiger partial charge in [-0.3, -0.25) is 4.79 Å². The van der Waals surface area contributed by atoms with Crippen LogP contribution in [0, 0.1) is 6.92 Å². The molecular formula is C11H15NO2S. The molecule has 0 bridgehead atoms. The van der Waals surface area contributed by atoms with Gasteiger partial charge in [0.15, 0.2) is 5.78 Å². The number of hydrogen-bond donors (Lipinski definition) is 0. The van der Waals surface area contributed by atoms with Crippen LogP contribution in [-0.4, -0.2) is 24.0 Å². The molecule has 0 N–H and O–H groups in total. The van der Waals surface area contributed by atoms with Crippen molar-refractivity contribution in [1.29, 1.82) is 0 Å². The van der Waals surface area contributed by atoms with Crippen molar-refractivity contribution >= 4 is 17.1 Å². The topological polar surface area (TPSA) is 39.2 Å². The van der Waals surface area contributed by atoms with Crippen molar-refractivity contribution in [3.8, 4) is 0 Å². The number of aromatic nitrogens is 1. The molecule has 3 nitrogen and oxygen atoms in total. The molecule has 1 atom stereocenters. The average Bonchev–Trinajstić information content (AvgIpc) is 2.62. The van der Waals surface area contributed by atoms with Gasteiger partial charge in [-0.2, -0.15) is 0 Å². The fourth-order valence-electron chi connectivity index (χ4n) is 1.85. The van der Waals surface area contributed by atoms with E-state index in [9.17, 15) is 4.79 Å². The lowest BCUT2D eigenvalue weighted by molar-refractivity contribution is 0.0803. The second kappa shape index (κ2) is 4.41. The molecule has 4 heteroatoms. The number of carbonyl (C=O) groups is 1. The van der Waals surface area contributed by atoms with Crippen LogP contribution in [0.1, 0.15) is 46.1 Å². The number of carbonyl (C=O) groups excluding carboxylic acids is 1. The van der Waals surface area contributed by atoms with E-state index in [0.29, 0.717) is 5.92 Å². The molecule has 1 unspecified atom stereocenters. The van der Waals surface area contributed by atoms with E-state index in [4.69, 9.17) is 4.74 Å². The summed E-state index contributed by atoms with van der Waals surface area (Å²) in [6.07, 6.45) is 2.23. The van der Waals surface area contributed by atoms with E-state index in [2.05, 4.69) is 4.98 Å². The summed E-state index contributed by atoms with van der Waals surface area (Å²) in [6, 6.07) is 0. The number of ketones is 1. The molecule has 1 aromatic rings. The Morgan fingerprint density at radius 2 is 2.40 bits per heavy atom. The highest BCUT2D eigenvalue weighted by molar-refractivity contribution is 7.13. The van der Waals surface area contributed by atoms with Crippen LogP contribution < -0.4 is 0 Å². The summed E-state index contributed by atoms with van der Waals surface area (Å²) in [5, 5.41) is 1.07. The van der Waals surface area contributed by atoms with Crippen LogP contribution in [0.4, 0.5) is 0 Å². The first kappa shape index (κ1) is 10.8. The first-order chi connectivity index (χ1) is 7.18. The normalized spacial score (nSPS) is 21.6. The molecule has 0 saturated carbocycles. The fourth-order valence-corrected chi connectivity index (χ4v) is 2.94. The number of ether oxygens (including phenoxy) is 1. The fraction of sp³-hybridized carbons (Fsp3) is 0.636. The van der Waals surface area contributed by atoms with Gasteiger partial charge in [-0.1, -0.05) is 0 Å². The molecule has 1 aliphatic rings. The zero-order valence-corrected chi connectivity index (χ0v) is 9.89. The lowest BCUT2D eigenvalue weighted by atomic mass is 10.0. The van der Waals surface area contributed by atoms with Crippen LogP contribution >= 0.6 is 11.3 Å². The molecule has 1 aromatic heterocycles. The third kappa shape index (κ3) is 2.26. The molecule has 82 valence electrons. The van der Waals surface area contributed by atoms with Gasteiger partial charge in [0.2, 0.25) is 0 Å². The Morgan fingerprint density at radius 1 is 1.60 bits per heavy atom. The Hall–Kier alpha value is -0.740. The number of rotatable bonds is 2. The minimum absolute atomic E-state index is 0.118. The van der Waals surface area contributed by atoms with Gasteiger partial charge in [0.1, 0.15) is 0 Å². The first-order valence-corrected chi connectivity index (χ1v) is 6.06. The van der Waals surface area contributed by atoms with Crippen molar-refractivity contribution < 1.29 is 9.53 Å². The summed E-state index contributed by atoms with van der Waals surface area (Å²) in [4.78, 5) is 16.6. The standard InChI is InChI=1S/C11H15NO2S/c1-7-10(8(2)13)15-11(12-7)9-4-3-5-14-6-9/h9H,3-6H2,1-2H3. The van der Waals surface area contributed by atoms with Crippen molar-refractivity contribution in [3.05, 3.63) is 15.6 Å². The largest absolute Gasteiger partial charge is 0.381 e.